The minimum Gasteiger partial charge on any atom is -0.390 e. The van der Waals surface area contributed by atoms with Gasteiger partial charge in [0.2, 0.25) is 11.3 Å². The van der Waals surface area contributed by atoms with Gasteiger partial charge in [-0.05, 0) is 18.3 Å². The zero-order valence-corrected chi connectivity index (χ0v) is 9.78. The standard InChI is InChI=1S/C9H19NO4S/c1-5(2)7-3-6(4-10-15(13)14)8(11)9(7)12/h5-12H,3-4H2,1-2H3,(H,13,14)/t6-,7+,8-,9+/m1/s1. The highest BCUT2D eigenvalue weighted by atomic mass is 32.2. The van der Waals surface area contributed by atoms with Crippen molar-refractivity contribution in [2.45, 2.75) is 32.5 Å². The molecule has 1 aliphatic rings. The molecule has 0 spiro atoms. The molecular weight excluding hydrogens is 218 g/mol. The highest BCUT2D eigenvalue weighted by Gasteiger charge is 2.42. The maximum Gasteiger partial charge on any atom is 0.231 e. The van der Waals surface area contributed by atoms with Crippen molar-refractivity contribution < 1.29 is 19.0 Å². The van der Waals surface area contributed by atoms with Gasteiger partial charge >= 0.3 is 0 Å². The largest absolute Gasteiger partial charge is 0.390 e. The Bertz CT molecular complexity index is 236. The molecule has 5 atom stereocenters. The molecule has 0 amide bonds. The van der Waals surface area contributed by atoms with Crippen LogP contribution >= 0.6 is 0 Å². The van der Waals surface area contributed by atoms with Crippen molar-refractivity contribution in [3.8, 4) is 0 Å². The van der Waals surface area contributed by atoms with Crippen LogP contribution in [-0.4, -0.2) is 37.7 Å². The summed E-state index contributed by atoms with van der Waals surface area (Å²) in [6, 6.07) is 0. The molecule has 0 aliphatic heterocycles. The Balaban J connectivity index is 2.51. The van der Waals surface area contributed by atoms with E-state index in [-0.39, 0.29) is 18.4 Å². The van der Waals surface area contributed by atoms with Crippen molar-refractivity contribution >= 4 is 11.3 Å². The van der Waals surface area contributed by atoms with Gasteiger partial charge in [-0.1, -0.05) is 13.8 Å². The molecule has 0 saturated heterocycles. The first-order chi connectivity index (χ1) is 6.93. The van der Waals surface area contributed by atoms with E-state index in [1.165, 1.54) is 0 Å². The first-order valence-electron chi connectivity index (χ1n) is 5.14. The number of hydrogen-bond donors (Lipinski definition) is 4. The van der Waals surface area contributed by atoms with Crippen LogP contribution in [0.5, 0.6) is 0 Å². The molecule has 0 aromatic carbocycles. The minimum atomic E-state index is -2.05. The van der Waals surface area contributed by atoms with Gasteiger partial charge in [0, 0.05) is 12.5 Å². The van der Waals surface area contributed by atoms with Gasteiger partial charge in [-0.15, -0.1) is 0 Å². The van der Waals surface area contributed by atoms with E-state index < -0.39 is 23.5 Å². The van der Waals surface area contributed by atoms with Crippen molar-refractivity contribution in [2.24, 2.45) is 17.8 Å². The molecule has 1 saturated carbocycles. The fourth-order valence-electron chi connectivity index (χ4n) is 2.21. The van der Waals surface area contributed by atoms with E-state index in [0.29, 0.717) is 12.3 Å². The molecule has 0 aromatic heterocycles. The highest BCUT2D eigenvalue weighted by molar-refractivity contribution is 7.77. The van der Waals surface area contributed by atoms with Gasteiger partial charge in [0.15, 0.2) is 0 Å². The molecule has 1 fully saturated rings. The zero-order chi connectivity index (χ0) is 11.6. The van der Waals surface area contributed by atoms with Crippen LogP contribution in [0.3, 0.4) is 0 Å². The Kier molecular flexibility index (Phi) is 4.66. The molecule has 0 heterocycles. The second-order valence-electron chi connectivity index (χ2n) is 4.48. The quantitative estimate of drug-likeness (QED) is 0.507. The number of aliphatic hydroxyl groups is 2. The molecule has 6 heteroatoms. The second kappa shape index (κ2) is 5.36. The van der Waals surface area contributed by atoms with Crippen molar-refractivity contribution in [1.82, 2.24) is 4.72 Å². The predicted octanol–water partition coefficient (Wildman–Crippen LogP) is -0.273. The van der Waals surface area contributed by atoms with E-state index >= 15 is 0 Å². The molecule has 90 valence electrons. The van der Waals surface area contributed by atoms with Crippen molar-refractivity contribution in [3.63, 3.8) is 0 Å². The monoisotopic (exact) mass is 237 g/mol. The predicted molar refractivity (Wildman–Crippen MR) is 57.2 cm³/mol. The Labute approximate surface area is 92.3 Å². The molecule has 0 bridgehead atoms. The summed E-state index contributed by atoms with van der Waals surface area (Å²) in [4.78, 5) is 0. The van der Waals surface area contributed by atoms with Crippen molar-refractivity contribution in [1.29, 1.82) is 0 Å². The van der Waals surface area contributed by atoms with Gasteiger partial charge < -0.3 is 10.2 Å². The summed E-state index contributed by atoms with van der Waals surface area (Å²) in [5.74, 6) is 0.224. The van der Waals surface area contributed by atoms with Crippen LogP contribution in [0.25, 0.3) is 0 Å². The fraction of sp³-hybridized carbons (Fsp3) is 1.00. The van der Waals surface area contributed by atoms with Gasteiger partial charge in [0.1, 0.15) is 0 Å². The normalized spacial score (nSPS) is 38.5. The van der Waals surface area contributed by atoms with Crippen LogP contribution in [0.15, 0.2) is 0 Å². The maximum atomic E-state index is 10.4. The lowest BCUT2D eigenvalue weighted by molar-refractivity contribution is -0.00298. The summed E-state index contributed by atoms with van der Waals surface area (Å²) >= 11 is -2.05. The Hall–Kier alpha value is -0.0100. The van der Waals surface area contributed by atoms with Crippen molar-refractivity contribution in [2.75, 3.05) is 6.54 Å². The van der Waals surface area contributed by atoms with E-state index in [2.05, 4.69) is 4.72 Å². The summed E-state index contributed by atoms with van der Waals surface area (Å²) in [6.45, 7) is 4.26. The lowest BCUT2D eigenvalue weighted by Gasteiger charge is -2.19. The molecule has 0 aromatic rings. The minimum absolute atomic E-state index is 0.0685. The number of rotatable bonds is 4. The average molecular weight is 237 g/mol. The van der Waals surface area contributed by atoms with Gasteiger partial charge in [-0.25, -0.2) is 8.93 Å². The van der Waals surface area contributed by atoms with Gasteiger partial charge in [-0.3, -0.25) is 4.55 Å². The smallest absolute Gasteiger partial charge is 0.231 e. The Morgan fingerprint density at radius 3 is 2.40 bits per heavy atom. The molecule has 5 nitrogen and oxygen atoms in total. The van der Waals surface area contributed by atoms with Crippen molar-refractivity contribution in [3.05, 3.63) is 0 Å². The van der Waals surface area contributed by atoms with Crippen LogP contribution in [0.4, 0.5) is 0 Å². The molecule has 1 unspecified atom stereocenters. The molecular formula is C9H19NO4S. The van der Waals surface area contributed by atoms with E-state index in [9.17, 15) is 14.4 Å². The van der Waals surface area contributed by atoms with Crippen LogP contribution in [0.2, 0.25) is 0 Å². The zero-order valence-electron chi connectivity index (χ0n) is 8.96. The average Bonchev–Trinajstić information content (AvgIpc) is 2.41. The second-order valence-corrected chi connectivity index (χ2v) is 5.27. The van der Waals surface area contributed by atoms with Gasteiger partial charge in [-0.2, -0.15) is 0 Å². The third kappa shape index (κ3) is 3.22. The van der Waals surface area contributed by atoms with Gasteiger partial charge in [0.25, 0.3) is 0 Å². The Morgan fingerprint density at radius 2 is 2.00 bits per heavy atom. The van der Waals surface area contributed by atoms with Crippen LogP contribution in [0, 0.1) is 17.8 Å². The topological polar surface area (TPSA) is 89.8 Å². The molecule has 4 N–H and O–H groups in total. The van der Waals surface area contributed by atoms with Crippen LogP contribution in [-0.2, 0) is 11.3 Å². The Morgan fingerprint density at radius 1 is 1.40 bits per heavy atom. The van der Waals surface area contributed by atoms with E-state index in [1.54, 1.807) is 0 Å². The third-order valence-electron chi connectivity index (χ3n) is 3.17. The highest BCUT2D eigenvalue weighted by Crippen LogP contribution is 2.35. The number of aliphatic hydroxyl groups excluding tert-OH is 2. The lowest BCUT2D eigenvalue weighted by atomic mass is 9.92. The number of nitrogens with one attached hydrogen (secondary N) is 1. The number of hydrogen-bond acceptors (Lipinski definition) is 3. The summed E-state index contributed by atoms with van der Waals surface area (Å²) < 4.78 is 21.3. The first-order valence-corrected chi connectivity index (χ1v) is 6.24. The van der Waals surface area contributed by atoms with E-state index in [1.807, 2.05) is 13.8 Å². The third-order valence-corrected chi connectivity index (χ3v) is 3.59. The van der Waals surface area contributed by atoms with E-state index in [0.717, 1.165) is 0 Å². The summed E-state index contributed by atoms with van der Waals surface area (Å²) in [5, 5.41) is 19.5. The molecule has 1 aliphatic carbocycles. The first kappa shape index (κ1) is 13.1. The molecule has 0 radical (unpaired) electrons. The van der Waals surface area contributed by atoms with Crippen LogP contribution in [0.1, 0.15) is 20.3 Å². The summed E-state index contributed by atoms with van der Waals surface area (Å²) in [7, 11) is 0. The lowest BCUT2D eigenvalue weighted by Crippen LogP contribution is -2.34. The van der Waals surface area contributed by atoms with E-state index in [4.69, 9.17) is 4.55 Å². The summed E-state index contributed by atoms with van der Waals surface area (Å²) in [5.41, 5.74) is 0. The maximum absolute atomic E-state index is 10.4. The fourth-order valence-corrected chi connectivity index (χ4v) is 2.57. The summed E-state index contributed by atoms with van der Waals surface area (Å²) in [6.07, 6.45) is -0.832. The SMILES string of the molecule is CC(C)[C@@H]1C[C@H](CNS(=O)O)[C@@H](O)[C@H]1O. The molecule has 1 rings (SSSR count). The van der Waals surface area contributed by atoms with Crippen LogP contribution < -0.4 is 4.72 Å². The van der Waals surface area contributed by atoms with Gasteiger partial charge in [0.05, 0.1) is 12.2 Å². The molecule has 15 heavy (non-hydrogen) atoms.